The third kappa shape index (κ3) is 18.2. The van der Waals surface area contributed by atoms with Gasteiger partial charge in [-0.3, -0.25) is 33.5 Å². The van der Waals surface area contributed by atoms with E-state index in [0.29, 0.717) is 6.42 Å². The van der Waals surface area contributed by atoms with Crippen molar-refractivity contribution in [3.05, 3.63) is 0 Å². The van der Waals surface area contributed by atoms with E-state index in [-0.39, 0.29) is 57.6 Å². The Hall–Kier alpha value is -3.88. The maximum atomic E-state index is 13.5. The van der Waals surface area contributed by atoms with Crippen molar-refractivity contribution < 1.29 is 52.7 Å². The number of carbonyl (C=O) groups is 6. The fraction of sp³-hybridized carbons (Fsp3) is 0.708. The molecule has 6 atom stereocenters. The van der Waals surface area contributed by atoms with Gasteiger partial charge in [0.15, 0.2) is 5.96 Å². The van der Waals surface area contributed by atoms with E-state index in [0.717, 1.165) is 6.92 Å². The predicted octanol–water partition coefficient (Wildman–Crippen LogP) is -4.70. The van der Waals surface area contributed by atoms with Gasteiger partial charge in [0.2, 0.25) is 29.5 Å². The SMILES string of the molecule is C[C@H](N)C(=O)N[C@@H](CCCN=C(N)N)C(=O)N[C@H](C(=O)N[C@@H](CCCCN)C(=O)N[C@@H](CCC(N)=O)C(=O)O)[C@@H](C)OP(=O)(O)O. The zero-order chi connectivity index (χ0) is 35.6. The molecule has 0 aromatic heterocycles. The molecule has 0 aliphatic carbocycles. The number of hydrogen-bond donors (Lipinski definition) is 12. The molecule has 0 spiro atoms. The lowest BCUT2D eigenvalue weighted by Crippen LogP contribution is -2.61. The average molecular weight is 683 g/mol. The van der Waals surface area contributed by atoms with E-state index in [1.54, 1.807) is 0 Å². The van der Waals surface area contributed by atoms with Crippen LogP contribution in [-0.4, -0.2) is 106 Å². The van der Waals surface area contributed by atoms with Crippen molar-refractivity contribution in [2.24, 2.45) is 33.7 Å². The molecule has 0 aromatic rings. The standard InChI is InChI=1S/C24H47N10O11P/c1-12(26)19(36)31-15(7-5-11-30-24(28)29)21(38)34-18(13(2)45-46(42,43)44)22(39)32-14(6-3-4-10-25)20(37)33-16(23(40)41)8-9-17(27)35/h12-16,18H,3-11,25-26H2,1-2H3,(H2,27,35)(H,31,36)(H,32,39)(H,33,37)(H,34,38)(H,40,41)(H4,28,29,30)(H2,42,43,44)/t12-,13+,14-,15-,16-,18-/m0/s1. The normalized spacial score (nSPS) is 15.2. The second kappa shape index (κ2) is 21.0. The van der Waals surface area contributed by atoms with Crippen LogP contribution in [0.4, 0.5) is 0 Å². The van der Waals surface area contributed by atoms with E-state index in [1.807, 2.05) is 0 Å². The molecule has 17 N–H and O–H groups in total. The summed E-state index contributed by atoms with van der Waals surface area (Å²) in [5, 5.41) is 18.7. The van der Waals surface area contributed by atoms with Gasteiger partial charge in [-0.15, -0.1) is 0 Å². The summed E-state index contributed by atoms with van der Waals surface area (Å²) in [5.74, 6) is -6.34. The second-order valence-corrected chi connectivity index (χ2v) is 11.5. The number of nitrogens with one attached hydrogen (secondary N) is 4. The fourth-order valence-electron chi connectivity index (χ4n) is 3.84. The van der Waals surface area contributed by atoms with Crippen molar-refractivity contribution in [2.75, 3.05) is 13.1 Å². The zero-order valence-electron chi connectivity index (χ0n) is 25.7. The number of aliphatic imine (C=N–C) groups is 1. The number of phosphoric ester groups is 1. The first-order valence-electron chi connectivity index (χ1n) is 14.3. The molecule has 22 heteroatoms. The lowest BCUT2D eigenvalue weighted by Gasteiger charge is -2.29. The van der Waals surface area contributed by atoms with E-state index in [2.05, 4.69) is 30.8 Å². The summed E-state index contributed by atoms with van der Waals surface area (Å²) in [4.78, 5) is 97.5. The molecule has 0 aromatic carbocycles. The highest BCUT2D eigenvalue weighted by Crippen LogP contribution is 2.38. The number of primary amides is 1. The Kier molecular flexibility index (Phi) is 19.2. The molecule has 0 unspecified atom stereocenters. The van der Waals surface area contributed by atoms with Gasteiger partial charge < -0.3 is 64.8 Å². The number of carboxylic acid groups (broad SMARTS) is 1. The summed E-state index contributed by atoms with van der Waals surface area (Å²) >= 11 is 0. The summed E-state index contributed by atoms with van der Waals surface area (Å²) in [6.45, 7) is 2.71. The first kappa shape index (κ1) is 42.1. The van der Waals surface area contributed by atoms with E-state index >= 15 is 0 Å². The molecule has 0 saturated carbocycles. The number of hydrogen-bond acceptors (Lipinski definition) is 11. The molecule has 0 bridgehead atoms. The third-order valence-electron chi connectivity index (χ3n) is 6.22. The highest BCUT2D eigenvalue weighted by Gasteiger charge is 2.36. The van der Waals surface area contributed by atoms with Crippen molar-refractivity contribution >= 4 is 49.3 Å². The number of nitrogens with zero attached hydrogens (tertiary/aromatic N) is 1. The predicted molar refractivity (Wildman–Crippen MR) is 163 cm³/mol. The van der Waals surface area contributed by atoms with Gasteiger partial charge in [0.05, 0.1) is 12.1 Å². The first-order chi connectivity index (χ1) is 21.3. The number of nitrogens with two attached hydrogens (primary N) is 5. The van der Waals surface area contributed by atoms with Crippen molar-refractivity contribution in [1.82, 2.24) is 21.3 Å². The van der Waals surface area contributed by atoms with E-state index in [1.165, 1.54) is 6.92 Å². The van der Waals surface area contributed by atoms with Crippen LogP contribution in [0.2, 0.25) is 0 Å². The zero-order valence-corrected chi connectivity index (χ0v) is 26.6. The van der Waals surface area contributed by atoms with Crippen molar-refractivity contribution in [3.8, 4) is 0 Å². The lowest BCUT2D eigenvalue weighted by molar-refractivity contribution is -0.142. The third-order valence-corrected chi connectivity index (χ3v) is 6.83. The quantitative estimate of drug-likeness (QED) is 0.0208. The summed E-state index contributed by atoms with van der Waals surface area (Å²) in [5.41, 5.74) is 26.8. The second-order valence-electron chi connectivity index (χ2n) is 10.3. The molecule has 0 aliphatic heterocycles. The van der Waals surface area contributed by atoms with Crippen molar-refractivity contribution in [1.29, 1.82) is 0 Å². The van der Waals surface area contributed by atoms with Crippen LogP contribution >= 0.6 is 7.82 Å². The number of carboxylic acids is 1. The number of unbranched alkanes of at least 4 members (excludes halogenated alkanes) is 1. The highest BCUT2D eigenvalue weighted by molar-refractivity contribution is 7.46. The first-order valence-corrected chi connectivity index (χ1v) is 15.8. The highest BCUT2D eigenvalue weighted by atomic mass is 31.2. The summed E-state index contributed by atoms with van der Waals surface area (Å²) < 4.78 is 16.2. The minimum atomic E-state index is -5.22. The molecular formula is C24H47N10O11P. The summed E-state index contributed by atoms with van der Waals surface area (Å²) in [6.07, 6.45) is -1.68. The van der Waals surface area contributed by atoms with Crippen LogP contribution in [0.3, 0.4) is 0 Å². The van der Waals surface area contributed by atoms with Crippen LogP contribution in [0.25, 0.3) is 0 Å². The van der Waals surface area contributed by atoms with Gasteiger partial charge in [-0.1, -0.05) is 0 Å². The minimum Gasteiger partial charge on any atom is -0.480 e. The van der Waals surface area contributed by atoms with E-state index < -0.39 is 79.6 Å². The van der Waals surface area contributed by atoms with Gasteiger partial charge in [0.1, 0.15) is 24.2 Å². The molecule has 0 heterocycles. The van der Waals surface area contributed by atoms with E-state index in [9.17, 15) is 48.2 Å². The number of phosphoric acid groups is 1. The van der Waals surface area contributed by atoms with Gasteiger partial charge in [-0.25, -0.2) is 9.36 Å². The molecular weight excluding hydrogens is 635 g/mol. The Balaban J connectivity index is 6.26. The van der Waals surface area contributed by atoms with Gasteiger partial charge in [0.25, 0.3) is 0 Å². The lowest BCUT2D eigenvalue weighted by atomic mass is 10.0. The Bertz CT molecular complexity index is 1130. The molecule has 0 saturated heterocycles. The number of amides is 5. The summed E-state index contributed by atoms with van der Waals surface area (Å²) in [6, 6.07) is -7.19. The number of aliphatic carboxylic acids is 1. The Labute approximate surface area is 265 Å². The molecule has 21 nitrogen and oxygen atoms in total. The van der Waals surface area contributed by atoms with Crippen LogP contribution in [0.1, 0.15) is 58.8 Å². The average Bonchev–Trinajstić information content (AvgIpc) is 2.92. The smallest absolute Gasteiger partial charge is 0.469 e. The van der Waals surface area contributed by atoms with Crippen molar-refractivity contribution in [3.63, 3.8) is 0 Å². The Morgan fingerprint density at radius 3 is 1.78 bits per heavy atom. The molecule has 0 fully saturated rings. The number of carbonyl (C=O) groups excluding carboxylic acids is 5. The molecule has 5 amide bonds. The van der Waals surface area contributed by atoms with Gasteiger partial charge in [-0.2, -0.15) is 0 Å². The summed E-state index contributed by atoms with van der Waals surface area (Å²) in [7, 11) is -5.22. The van der Waals surface area contributed by atoms with Crippen LogP contribution in [0.15, 0.2) is 4.99 Å². The number of rotatable bonds is 23. The Morgan fingerprint density at radius 1 is 0.783 bits per heavy atom. The maximum absolute atomic E-state index is 13.5. The Morgan fingerprint density at radius 2 is 1.30 bits per heavy atom. The molecule has 0 radical (unpaired) electrons. The largest absolute Gasteiger partial charge is 0.480 e. The topological polar surface area (TPSA) is 380 Å². The van der Waals surface area contributed by atoms with Gasteiger partial charge in [0, 0.05) is 13.0 Å². The minimum absolute atomic E-state index is 0.0604. The van der Waals surface area contributed by atoms with Crippen LogP contribution < -0.4 is 49.9 Å². The van der Waals surface area contributed by atoms with Gasteiger partial charge >= 0.3 is 13.8 Å². The van der Waals surface area contributed by atoms with Crippen LogP contribution in [0, 0.1) is 0 Å². The van der Waals surface area contributed by atoms with E-state index in [4.69, 9.17) is 28.7 Å². The van der Waals surface area contributed by atoms with Crippen LogP contribution in [0.5, 0.6) is 0 Å². The number of guanidine groups is 1. The fourth-order valence-corrected chi connectivity index (χ4v) is 4.40. The monoisotopic (exact) mass is 682 g/mol. The molecule has 0 rings (SSSR count). The maximum Gasteiger partial charge on any atom is 0.469 e. The van der Waals surface area contributed by atoms with Crippen molar-refractivity contribution in [2.45, 2.75) is 95.1 Å². The molecule has 46 heavy (non-hydrogen) atoms. The molecule has 264 valence electrons. The molecule has 0 aliphatic rings. The van der Waals surface area contributed by atoms with Crippen LogP contribution in [-0.2, 0) is 37.9 Å². The van der Waals surface area contributed by atoms with Gasteiger partial charge in [-0.05, 0) is 58.9 Å².